The third kappa shape index (κ3) is 5.51. The van der Waals surface area contributed by atoms with Crippen LogP contribution in [0, 0.1) is 0 Å². The molecule has 0 fully saturated rings. The molecule has 0 atom stereocenters. The standard InChI is InChI=1S/C47H31N3/c1-5-38-22-23-44-45(37-20-16-34(17-21-37)41-8-4-26-50-31-41)27-42(35-12-10-32(11-13-35)39-6-2-24-48-29-39)28-46(44)47(38)43(9-1)36-18-14-33(15-19-36)40-7-3-25-49-30-40/h1-31H. The first kappa shape index (κ1) is 29.4. The molecule has 0 aliphatic heterocycles. The van der Waals surface area contributed by atoms with Crippen molar-refractivity contribution in [3.05, 3.63) is 189 Å². The second kappa shape index (κ2) is 12.7. The van der Waals surface area contributed by atoms with Crippen LogP contribution >= 0.6 is 0 Å². The molecule has 3 aromatic heterocycles. The van der Waals surface area contributed by atoms with Crippen LogP contribution in [0.3, 0.4) is 0 Å². The molecule has 0 bridgehead atoms. The van der Waals surface area contributed by atoms with Gasteiger partial charge in [-0.2, -0.15) is 0 Å². The Hall–Kier alpha value is -6.71. The van der Waals surface area contributed by atoms with Gasteiger partial charge in [-0.15, -0.1) is 0 Å². The second-order valence-corrected chi connectivity index (χ2v) is 12.5. The van der Waals surface area contributed by atoms with Gasteiger partial charge in [-0.1, -0.05) is 121 Å². The molecule has 0 aliphatic carbocycles. The van der Waals surface area contributed by atoms with E-state index in [1.165, 1.54) is 54.9 Å². The average molecular weight is 638 g/mol. The molecule has 0 saturated heterocycles. The van der Waals surface area contributed by atoms with Crippen LogP contribution in [-0.2, 0) is 0 Å². The first-order chi connectivity index (χ1) is 24.8. The molecule has 3 heterocycles. The van der Waals surface area contributed by atoms with E-state index in [0.29, 0.717) is 0 Å². The van der Waals surface area contributed by atoms with E-state index in [-0.39, 0.29) is 0 Å². The number of aromatic nitrogens is 3. The summed E-state index contributed by atoms with van der Waals surface area (Å²) in [5, 5.41) is 4.92. The van der Waals surface area contributed by atoms with Gasteiger partial charge in [0.2, 0.25) is 0 Å². The third-order valence-electron chi connectivity index (χ3n) is 9.57. The van der Waals surface area contributed by atoms with E-state index >= 15 is 0 Å². The Morgan fingerprint density at radius 1 is 0.280 bits per heavy atom. The average Bonchev–Trinajstić information content (AvgIpc) is 3.21. The molecule has 0 radical (unpaired) electrons. The molecular weight excluding hydrogens is 607 g/mol. The Morgan fingerprint density at radius 3 is 1.22 bits per heavy atom. The summed E-state index contributed by atoms with van der Waals surface area (Å²) in [4.78, 5) is 13.0. The first-order valence-corrected chi connectivity index (χ1v) is 16.8. The number of benzene rings is 6. The monoisotopic (exact) mass is 637 g/mol. The summed E-state index contributed by atoms with van der Waals surface area (Å²) in [5.74, 6) is 0. The minimum atomic E-state index is 1.11. The van der Waals surface area contributed by atoms with E-state index in [1.807, 2.05) is 55.4 Å². The van der Waals surface area contributed by atoms with Crippen LogP contribution in [0.5, 0.6) is 0 Å². The lowest BCUT2D eigenvalue weighted by Crippen LogP contribution is -1.90. The molecule has 0 spiro atoms. The SMILES string of the molecule is c1cncc(-c2ccc(-c3cc(-c4ccc(-c5cccnc5)cc4)c4ccc5cccc(-c6ccc(-c7cccnc7)cc6)c5c4c3)cc2)c1. The van der Waals surface area contributed by atoms with Gasteiger partial charge in [0.15, 0.2) is 0 Å². The van der Waals surface area contributed by atoms with Crippen molar-refractivity contribution in [2.24, 2.45) is 0 Å². The molecule has 9 aromatic rings. The highest BCUT2D eigenvalue weighted by atomic mass is 14.6. The fourth-order valence-electron chi connectivity index (χ4n) is 7.01. The van der Waals surface area contributed by atoms with Gasteiger partial charge in [-0.3, -0.25) is 15.0 Å². The van der Waals surface area contributed by atoms with Gasteiger partial charge in [-0.05, 0) is 119 Å². The Labute approximate surface area is 291 Å². The second-order valence-electron chi connectivity index (χ2n) is 12.5. The zero-order valence-corrected chi connectivity index (χ0v) is 27.2. The number of hydrogen-bond acceptors (Lipinski definition) is 3. The van der Waals surface area contributed by atoms with E-state index in [0.717, 1.165) is 33.4 Å². The summed E-state index contributed by atoms with van der Waals surface area (Å²) in [6, 6.07) is 54.7. The Balaban J connectivity index is 1.23. The molecule has 0 saturated carbocycles. The van der Waals surface area contributed by atoms with Crippen molar-refractivity contribution in [1.29, 1.82) is 0 Å². The van der Waals surface area contributed by atoms with Gasteiger partial charge < -0.3 is 0 Å². The predicted octanol–water partition coefficient (Wildman–Crippen LogP) is 12.2. The topological polar surface area (TPSA) is 38.7 Å². The quantitative estimate of drug-likeness (QED) is 0.170. The van der Waals surface area contributed by atoms with Crippen molar-refractivity contribution < 1.29 is 0 Å². The Morgan fingerprint density at radius 2 is 0.740 bits per heavy atom. The van der Waals surface area contributed by atoms with Gasteiger partial charge in [0.25, 0.3) is 0 Å². The van der Waals surface area contributed by atoms with E-state index in [1.54, 1.807) is 0 Å². The van der Waals surface area contributed by atoms with Gasteiger partial charge in [0.1, 0.15) is 0 Å². The number of hydrogen-bond donors (Lipinski definition) is 0. The lowest BCUT2D eigenvalue weighted by Gasteiger charge is -2.16. The van der Waals surface area contributed by atoms with Crippen LogP contribution in [-0.4, -0.2) is 15.0 Å². The summed E-state index contributed by atoms with van der Waals surface area (Å²) in [7, 11) is 0. The largest absolute Gasteiger partial charge is 0.264 e. The summed E-state index contributed by atoms with van der Waals surface area (Å²) in [6.07, 6.45) is 11.2. The van der Waals surface area contributed by atoms with Crippen LogP contribution in [0.25, 0.3) is 88.3 Å². The molecule has 6 aromatic carbocycles. The molecule has 0 amide bonds. The summed E-state index contributed by atoms with van der Waals surface area (Å²) < 4.78 is 0. The van der Waals surface area contributed by atoms with E-state index in [4.69, 9.17) is 0 Å². The normalized spacial score (nSPS) is 11.2. The van der Waals surface area contributed by atoms with Crippen molar-refractivity contribution in [3.63, 3.8) is 0 Å². The zero-order valence-electron chi connectivity index (χ0n) is 27.2. The maximum absolute atomic E-state index is 4.33. The molecule has 234 valence electrons. The summed E-state index contributed by atoms with van der Waals surface area (Å²) in [5.41, 5.74) is 13.9. The van der Waals surface area contributed by atoms with E-state index < -0.39 is 0 Å². The number of pyridine rings is 3. The van der Waals surface area contributed by atoms with Crippen molar-refractivity contribution in [2.45, 2.75) is 0 Å². The zero-order chi connectivity index (χ0) is 33.3. The lowest BCUT2D eigenvalue weighted by molar-refractivity contribution is 1.33. The molecule has 0 N–H and O–H groups in total. The maximum Gasteiger partial charge on any atom is 0.0346 e. The fourth-order valence-corrected chi connectivity index (χ4v) is 7.01. The fraction of sp³-hybridized carbons (Fsp3) is 0. The van der Waals surface area contributed by atoms with E-state index in [2.05, 4.69) is 148 Å². The van der Waals surface area contributed by atoms with Gasteiger partial charge in [0, 0.05) is 37.2 Å². The van der Waals surface area contributed by atoms with Gasteiger partial charge in [0.05, 0.1) is 0 Å². The van der Waals surface area contributed by atoms with Crippen LogP contribution in [0.1, 0.15) is 0 Å². The molecule has 3 nitrogen and oxygen atoms in total. The van der Waals surface area contributed by atoms with E-state index in [9.17, 15) is 0 Å². The van der Waals surface area contributed by atoms with Crippen LogP contribution in [0.15, 0.2) is 189 Å². The van der Waals surface area contributed by atoms with Crippen LogP contribution in [0.2, 0.25) is 0 Å². The third-order valence-corrected chi connectivity index (χ3v) is 9.57. The van der Waals surface area contributed by atoms with Crippen LogP contribution < -0.4 is 0 Å². The molecule has 0 unspecified atom stereocenters. The van der Waals surface area contributed by atoms with Gasteiger partial charge in [-0.25, -0.2) is 0 Å². The highest BCUT2D eigenvalue weighted by molar-refractivity contribution is 6.18. The number of rotatable bonds is 6. The molecule has 50 heavy (non-hydrogen) atoms. The predicted molar refractivity (Wildman–Crippen MR) is 207 cm³/mol. The minimum absolute atomic E-state index is 1.11. The molecule has 3 heteroatoms. The Bertz CT molecular complexity index is 2580. The first-order valence-electron chi connectivity index (χ1n) is 16.8. The molecular formula is C47H31N3. The minimum Gasteiger partial charge on any atom is -0.264 e. The van der Waals surface area contributed by atoms with Crippen molar-refractivity contribution in [3.8, 4) is 66.8 Å². The highest BCUT2D eigenvalue weighted by Crippen LogP contribution is 2.42. The lowest BCUT2D eigenvalue weighted by atomic mass is 9.87. The maximum atomic E-state index is 4.33. The van der Waals surface area contributed by atoms with Crippen molar-refractivity contribution >= 4 is 21.5 Å². The van der Waals surface area contributed by atoms with Crippen molar-refractivity contribution in [2.75, 3.05) is 0 Å². The van der Waals surface area contributed by atoms with Crippen molar-refractivity contribution in [1.82, 2.24) is 15.0 Å². The smallest absolute Gasteiger partial charge is 0.0346 e. The van der Waals surface area contributed by atoms with Gasteiger partial charge >= 0.3 is 0 Å². The number of fused-ring (bicyclic) bond motifs is 3. The van der Waals surface area contributed by atoms with Crippen LogP contribution in [0.4, 0.5) is 0 Å². The molecule has 0 aliphatic rings. The molecule has 9 rings (SSSR count). The summed E-state index contributed by atoms with van der Waals surface area (Å²) >= 11 is 0. The highest BCUT2D eigenvalue weighted by Gasteiger charge is 2.15. The Kier molecular flexibility index (Phi) is 7.49. The number of nitrogens with zero attached hydrogens (tertiary/aromatic N) is 3. The summed E-state index contributed by atoms with van der Waals surface area (Å²) in [6.45, 7) is 0.